The maximum Gasteiger partial charge on any atom is 0.227 e. The van der Waals surface area contributed by atoms with Crippen molar-refractivity contribution >= 4 is 0 Å². The molecule has 0 radical (unpaired) electrons. The van der Waals surface area contributed by atoms with Gasteiger partial charge in [-0.3, -0.25) is 0 Å². The number of aromatic nitrogens is 2. The van der Waals surface area contributed by atoms with Crippen molar-refractivity contribution < 1.29 is 4.52 Å². The van der Waals surface area contributed by atoms with Crippen LogP contribution in [-0.2, 0) is 13.0 Å². The van der Waals surface area contributed by atoms with Gasteiger partial charge >= 0.3 is 0 Å². The number of nitrogens with one attached hydrogen (secondary N) is 1. The van der Waals surface area contributed by atoms with Gasteiger partial charge in [0.15, 0.2) is 5.82 Å². The first-order chi connectivity index (χ1) is 9.33. The SMILES string of the molecule is Cc1noc(CCNCc2ccccc2C2CC2)n1. The summed E-state index contributed by atoms with van der Waals surface area (Å²) >= 11 is 0. The van der Waals surface area contributed by atoms with Gasteiger partial charge in [0.1, 0.15) is 0 Å². The molecule has 0 amide bonds. The Morgan fingerprint density at radius 1 is 1.32 bits per heavy atom. The summed E-state index contributed by atoms with van der Waals surface area (Å²) in [6.45, 7) is 3.62. The highest BCUT2D eigenvalue weighted by Gasteiger charge is 2.25. The molecule has 2 aromatic rings. The normalized spacial score (nSPS) is 14.8. The zero-order valence-electron chi connectivity index (χ0n) is 11.2. The van der Waals surface area contributed by atoms with Crippen LogP contribution < -0.4 is 5.32 Å². The topological polar surface area (TPSA) is 51.0 Å². The number of aryl methyl sites for hydroxylation is 1. The van der Waals surface area contributed by atoms with Crippen molar-refractivity contribution in [1.82, 2.24) is 15.5 Å². The van der Waals surface area contributed by atoms with Gasteiger partial charge in [0.05, 0.1) is 0 Å². The standard InChI is InChI=1S/C15H19N3O/c1-11-17-15(19-18-11)8-9-16-10-13-4-2-3-5-14(13)12-6-7-12/h2-5,12,16H,6-10H2,1H3. The summed E-state index contributed by atoms with van der Waals surface area (Å²) in [6.07, 6.45) is 3.48. The molecular formula is C15H19N3O. The molecule has 1 aliphatic carbocycles. The van der Waals surface area contributed by atoms with E-state index in [1.54, 1.807) is 0 Å². The Hall–Kier alpha value is -1.68. The second-order valence-corrected chi connectivity index (χ2v) is 5.14. The Bertz CT molecular complexity index is 546. The third-order valence-electron chi connectivity index (χ3n) is 3.47. The molecule has 4 nitrogen and oxygen atoms in total. The summed E-state index contributed by atoms with van der Waals surface area (Å²) in [4.78, 5) is 4.19. The fourth-order valence-corrected chi connectivity index (χ4v) is 2.35. The summed E-state index contributed by atoms with van der Waals surface area (Å²) in [7, 11) is 0. The minimum absolute atomic E-state index is 0.703. The maximum absolute atomic E-state index is 5.09. The zero-order chi connectivity index (χ0) is 13.1. The number of rotatable bonds is 6. The first-order valence-corrected chi connectivity index (χ1v) is 6.90. The van der Waals surface area contributed by atoms with Crippen LogP contribution in [0.2, 0.25) is 0 Å². The molecule has 1 N–H and O–H groups in total. The Morgan fingerprint density at radius 3 is 2.89 bits per heavy atom. The average Bonchev–Trinajstić information content (AvgIpc) is 3.19. The van der Waals surface area contributed by atoms with E-state index in [1.807, 2.05) is 6.92 Å². The smallest absolute Gasteiger partial charge is 0.227 e. The van der Waals surface area contributed by atoms with Crippen molar-refractivity contribution in [2.75, 3.05) is 6.54 Å². The zero-order valence-corrected chi connectivity index (χ0v) is 11.2. The van der Waals surface area contributed by atoms with E-state index in [-0.39, 0.29) is 0 Å². The van der Waals surface area contributed by atoms with Crippen LogP contribution in [0.15, 0.2) is 28.8 Å². The van der Waals surface area contributed by atoms with Crippen LogP contribution in [0.5, 0.6) is 0 Å². The van der Waals surface area contributed by atoms with Gasteiger partial charge < -0.3 is 9.84 Å². The molecule has 0 unspecified atom stereocenters. The van der Waals surface area contributed by atoms with Gasteiger partial charge in [-0.1, -0.05) is 29.4 Å². The van der Waals surface area contributed by atoms with Gasteiger partial charge in [-0.05, 0) is 36.8 Å². The van der Waals surface area contributed by atoms with E-state index in [1.165, 1.54) is 24.0 Å². The quantitative estimate of drug-likeness (QED) is 0.808. The van der Waals surface area contributed by atoms with E-state index >= 15 is 0 Å². The van der Waals surface area contributed by atoms with Gasteiger partial charge in [0.2, 0.25) is 5.89 Å². The van der Waals surface area contributed by atoms with Crippen molar-refractivity contribution in [3.05, 3.63) is 47.1 Å². The lowest BCUT2D eigenvalue weighted by atomic mass is 10.0. The van der Waals surface area contributed by atoms with Crippen molar-refractivity contribution in [1.29, 1.82) is 0 Å². The predicted molar refractivity (Wildman–Crippen MR) is 72.9 cm³/mol. The lowest BCUT2D eigenvalue weighted by molar-refractivity contribution is 0.372. The molecule has 100 valence electrons. The minimum atomic E-state index is 0.703. The van der Waals surface area contributed by atoms with E-state index in [4.69, 9.17) is 4.52 Å². The number of hydrogen-bond acceptors (Lipinski definition) is 4. The Morgan fingerprint density at radius 2 is 2.16 bits per heavy atom. The molecule has 3 rings (SSSR count). The lowest BCUT2D eigenvalue weighted by Gasteiger charge is -2.09. The van der Waals surface area contributed by atoms with Crippen molar-refractivity contribution in [2.45, 2.75) is 38.6 Å². The van der Waals surface area contributed by atoms with Crippen LogP contribution in [0.25, 0.3) is 0 Å². The Labute approximate surface area is 113 Å². The molecule has 1 aromatic heterocycles. The van der Waals surface area contributed by atoms with E-state index in [0.717, 1.165) is 25.4 Å². The van der Waals surface area contributed by atoms with Crippen LogP contribution in [0, 0.1) is 6.92 Å². The monoisotopic (exact) mass is 257 g/mol. The Balaban J connectivity index is 1.49. The molecule has 1 saturated carbocycles. The second-order valence-electron chi connectivity index (χ2n) is 5.14. The van der Waals surface area contributed by atoms with E-state index < -0.39 is 0 Å². The maximum atomic E-state index is 5.09. The molecule has 1 fully saturated rings. The van der Waals surface area contributed by atoms with Gasteiger partial charge in [-0.2, -0.15) is 4.98 Å². The van der Waals surface area contributed by atoms with E-state index in [2.05, 4.69) is 39.7 Å². The number of hydrogen-bond donors (Lipinski definition) is 1. The highest BCUT2D eigenvalue weighted by Crippen LogP contribution is 2.41. The molecule has 1 aliphatic rings. The first kappa shape index (κ1) is 12.4. The van der Waals surface area contributed by atoms with Crippen LogP contribution in [0.1, 0.15) is 41.6 Å². The van der Waals surface area contributed by atoms with Crippen LogP contribution in [0.4, 0.5) is 0 Å². The van der Waals surface area contributed by atoms with Gasteiger partial charge in [-0.25, -0.2) is 0 Å². The molecule has 0 aliphatic heterocycles. The molecule has 0 spiro atoms. The lowest BCUT2D eigenvalue weighted by Crippen LogP contribution is -2.17. The minimum Gasteiger partial charge on any atom is -0.339 e. The third kappa shape index (κ3) is 3.20. The summed E-state index contributed by atoms with van der Waals surface area (Å²) in [5.41, 5.74) is 2.94. The van der Waals surface area contributed by atoms with Gasteiger partial charge in [0.25, 0.3) is 0 Å². The summed E-state index contributed by atoms with van der Waals surface area (Å²) < 4.78 is 5.09. The van der Waals surface area contributed by atoms with Gasteiger partial charge in [-0.15, -0.1) is 0 Å². The fraction of sp³-hybridized carbons (Fsp3) is 0.467. The van der Waals surface area contributed by atoms with E-state index in [0.29, 0.717) is 11.7 Å². The van der Waals surface area contributed by atoms with Crippen LogP contribution in [-0.4, -0.2) is 16.7 Å². The predicted octanol–water partition coefficient (Wildman–Crippen LogP) is 2.59. The summed E-state index contributed by atoms with van der Waals surface area (Å²) in [5, 5.41) is 7.24. The summed E-state index contributed by atoms with van der Waals surface area (Å²) in [5.74, 6) is 2.21. The van der Waals surface area contributed by atoms with Crippen molar-refractivity contribution in [3.8, 4) is 0 Å². The molecule has 4 heteroatoms. The molecule has 1 aromatic carbocycles. The highest BCUT2D eigenvalue weighted by molar-refractivity contribution is 5.33. The summed E-state index contributed by atoms with van der Waals surface area (Å²) in [6, 6.07) is 8.73. The third-order valence-corrected chi connectivity index (χ3v) is 3.47. The van der Waals surface area contributed by atoms with Crippen molar-refractivity contribution in [3.63, 3.8) is 0 Å². The van der Waals surface area contributed by atoms with Gasteiger partial charge in [0, 0.05) is 19.5 Å². The largest absolute Gasteiger partial charge is 0.339 e. The number of benzene rings is 1. The molecule has 0 atom stereocenters. The first-order valence-electron chi connectivity index (χ1n) is 6.90. The molecule has 0 bridgehead atoms. The fourth-order valence-electron chi connectivity index (χ4n) is 2.35. The molecule has 19 heavy (non-hydrogen) atoms. The van der Waals surface area contributed by atoms with Crippen molar-refractivity contribution in [2.24, 2.45) is 0 Å². The van der Waals surface area contributed by atoms with E-state index in [9.17, 15) is 0 Å². The average molecular weight is 257 g/mol. The number of nitrogens with zero attached hydrogens (tertiary/aromatic N) is 2. The Kier molecular flexibility index (Phi) is 3.60. The highest BCUT2D eigenvalue weighted by atomic mass is 16.5. The van der Waals surface area contributed by atoms with Crippen LogP contribution in [0.3, 0.4) is 0 Å². The molecule has 1 heterocycles. The molecular weight excluding hydrogens is 238 g/mol. The second kappa shape index (κ2) is 5.53. The van der Waals surface area contributed by atoms with Crippen LogP contribution >= 0.6 is 0 Å². The molecule has 0 saturated heterocycles.